The Kier molecular flexibility index (Phi) is 3.24. The van der Waals surface area contributed by atoms with E-state index in [1.165, 1.54) is 0 Å². The molecule has 1 N–H and O–H groups in total. The Morgan fingerprint density at radius 1 is 1.04 bits per heavy atom. The Morgan fingerprint density at radius 3 is 2.70 bits per heavy atom. The molecule has 0 aliphatic carbocycles. The highest BCUT2D eigenvalue weighted by Crippen LogP contribution is 2.20. The van der Waals surface area contributed by atoms with E-state index in [-0.39, 0.29) is 5.56 Å². The van der Waals surface area contributed by atoms with Gasteiger partial charge in [0.05, 0.1) is 30.0 Å². The Labute approximate surface area is 132 Å². The monoisotopic (exact) mass is 302 g/mol. The van der Waals surface area contributed by atoms with Crippen molar-refractivity contribution in [3.63, 3.8) is 0 Å². The van der Waals surface area contributed by atoms with Gasteiger partial charge in [-0.2, -0.15) is 5.10 Å². The molecule has 0 atom stereocenters. The Morgan fingerprint density at radius 2 is 1.91 bits per heavy atom. The lowest BCUT2D eigenvalue weighted by Gasteiger charge is -2.07. The van der Waals surface area contributed by atoms with E-state index < -0.39 is 0 Å². The van der Waals surface area contributed by atoms with Gasteiger partial charge in [-0.1, -0.05) is 36.4 Å². The van der Waals surface area contributed by atoms with Gasteiger partial charge in [0, 0.05) is 11.8 Å². The minimum atomic E-state index is -0.0378. The molecule has 0 aliphatic rings. The summed E-state index contributed by atoms with van der Waals surface area (Å²) in [5, 5.41) is 7.35. The second-order valence-corrected chi connectivity index (χ2v) is 5.38. The van der Waals surface area contributed by atoms with E-state index >= 15 is 0 Å². The molecular formula is C18H14N4O. The maximum Gasteiger partial charge on any atom is 0.261 e. The van der Waals surface area contributed by atoms with Gasteiger partial charge in [0.2, 0.25) is 0 Å². The van der Waals surface area contributed by atoms with Crippen molar-refractivity contribution < 1.29 is 0 Å². The number of nitrogens with one attached hydrogen (secondary N) is 1. The van der Waals surface area contributed by atoms with Gasteiger partial charge in [-0.3, -0.25) is 14.5 Å². The molecule has 0 bridgehead atoms. The number of hydrogen-bond donors (Lipinski definition) is 1. The van der Waals surface area contributed by atoms with Crippen molar-refractivity contribution in [2.45, 2.75) is 6.54 Å². The van der Waals surface area contributed by atoms with Gasteiger partial charge in [0.1, 0.15) is 0 Å². The molecule has 5 heteroatoms. The summed E-state index contributed by atoms with van der Waals surface area (Å²) in [5.41, 5.74) is 3.63. The van der Waals surface area contributed by atoms with Crippen molar-refractivity contribution in [3.05, 3.63) is 83.2 Å². The first-order chi connectivity index (χ1) is 11.3. The molecule has 2 aromatic carbocycles. The van der Waals surface area contributed by atoms with E-state index in [1.54, 1.807) is 23.3 Å². The van der Waals surface area contributed by atoms with Crippen LogP contribution in [-0.2, 0) is 6.54 Å². The Balaban J connectivity index is 1.82. The number of fused-ring (bicyclic) bond motifs is 1. The van der Waals surface area contributed by atoms with E-state index in [2.05, 4.69) is 15.2 Å². The molecule has 0 amide bonds. The molecule has 0 spiro atoms. The predicted molar refractivity (Wildman–Crippen MR) is 89.1 cm³/mol. The summed E-state index contributed by atoms with van der Waals surface area (Å²) in [6.07, 6.45) is 5.15. The van der Waals surface area contributed by atoms with Crippen molar-refractivity contribution in [1.29, 1.82) is 0 Å². The third-order valence-electron chi connectivity index (χ3n) is 3.85. The SMILES string of the molecule is O=c1c2cc(-c3cn[nH]c3)ccc2ncn1Cc1ccccc1. The molecule has 2 aromatic heterocycles. The fourth-order valence-electron chi connectivity index (χ4n) is 2.64. The van der Waals surface area contributed by atoms with Crippen LogP contribution in [0.4, 0.5) is 0 Å². The molecule has 0 saturated heterocycles. The summed E-state index contributed by atoms with van der Waals surface area (Å²) in [6, 6.07) is 15.6. The van der Waals surface area contributed by atoms with Crippen LogP contribution in [-0.4, -0.2) is 19.7 Å². The second kappa shape index (κ2) is 5.53. The van der Waals surface area contributed by atoms with Crippen molar-refractivity contribution >= 4 is 10.9 Å². The molecule has 112 valence electrons. The lowest BCUT2D eigenvalue weighted by Crippen LogP contribution is -2.21. The fraction of sp³-hybridized carbons (Fsp3) is 0.0556. The van der Waals surface area contributed by atoms with Crippen molar-refractivity contribution in [1.82, 2.24) is 19.7 Å². The summed E-state index contributed by atoms with van der Waals surface area (Å²) in [6.45, 7) is 0.512. The smallest absolute Gasteiger partial charge is 0.261 e. The van der Waals surface area contributed by atoms with Gasteiger partial charge < -0.3 is 0 Å². The summed E-state index contributed by atoms with van der Waals surface area (Å²) < 4.78 is 1.64. The maximum atomic E-state index is 12.8. The number of rotatable bonds is 3. The van der Waals surface area contributed by atoms with E-state index in [9.17, 15) is 4.79 Å². The average Bonchev–Trinajstić information content (AvgIpc) is 3.13. The number of nitrogens with zero attached hydrogens (tertiary/aromatic N) is 3. The van der Waals surface area contributed by atoms with Gasteiger partial charge in [0.25, 0.3) is 5.56 Å². The lowest BCUT2D eigenvalue weighted by molar-refractivity contribution is 0.748. The van der Waals surface area contributed by atoms with E-state index in [4.69, 9.17) is 0 Å². The van der Waals surface area contributed by atoms with Crippen LogP contribution < -0.4 is 5.56 Å². The first kappa shape index (κ1) is 13.5. The van der Waals surface area contributed by atoms with Gasteiger partial charge in [0.15, 0.2) is 0 Å². The molecule has 5 nitrogen and oxygen atoms in total. The quantitative estimate of drug-likeness (QED) is 0.633. The molecule has 4 rings (SSSR count). The van der Waals surface area contributed by atoms with Gasteiger partial charge >= 0.3 is 0 Å². The molecule has 23 heavy (non-hydrogen) atoms. The zero-order valence-corrected chi connectivity index (χ0v) is 12.3. The van der Waals surface area contributed by atoms with Crippen LogP contribution in [0.3, 0.4) is 0 Å². The van der Waals surface area contributed by atoms with Crippen LogP contribution >= 0.6 is 0 Å². The van der Waals surface area contributed by atoms with Crippen LogP contribution in [0.5, 0.6) is 0 Å². The molecule has 0 radical (unpaired) electrons. The normalized spacial score (nSPS) is 11.0. The summed E-state index contributed by atoms with van der Waals surface area (Å²) >= 11 is 0. The number of aromatic nitrogens is 4. The maximum absolute atomic E-state index is 12.8. The summed E-state index contributed by atoms with van der Waals surface area (Å²) in [5.74, 6) is 0. The topological polar surface area (TPSA) is 63.6 Å². The van der Waals surface area contributed by atoms with Crippen LogP contribution in [0.1, 0.15) is 5.56 Å². The lowest BCUT2D eigenvalue weighted by atomic mass is 10.1. The molecule has 0 saturated carbocycles. The highest BCUT2D eigenvalue weighted by Gasteiger charge is 2.07. The number of hydrogen-bond acceptors (Lipinski definition) is 3. The van der Waals surface area contributed by atoms with Crippen molar-refractivity contribution in [3.8, 4) is 11.1 Å². The summed E-state index contributed by atoms with van der Waals surface area (Å²) in [7, 11) is 0. The average molecular weight is 302 g/mol. The van der Waals surface area contributed by atoms with Gasteiger partial charge in [-0.15, -0.1) is 0 Å². The van der Waals surface area contributed by atoms with Gasteiger partial charge in [-0.25, -0.2) is 4.98 Å². The van der Waals surface area contributed by atoms with E-state index in [0.717, 1.165) is 16.7 Å². The van der Waals surface area contributed by atoms with Crippen molar-refractivity contribution in [2.24, 2.45) is 0 Å². The van der Waals surface area contributed by atoms with E-state index in [1.807, 2.05) is 48.5 Å². The third-order valence-corrected chi connectivity index (χ3v) is 3.85. The number of H-pyrrole nitrogens is 1. The Hall–Kier alpha value is -3.21. The third kappa shape index (κ3) is 2.53. The summed E-state index contributed by atoms with van der Waals surface area (Å²) in [4.78, 5) is 17.2. The molecule has 4 aromatic rings. The number of benzene rings is 2. The largest absolute Gasteiger partial charge is 0.294 e. The van der Waals surface area contributed by atoms with Crippen LogP contribution in [0.15, 0.2) is 72.0 Å². The molecule has 0 fully saturated rings. The first-order valence-electron chi connectivity index (χ1n) is 7.33. The fourth-order valence-corrected chi connectivity index (χ4v) is 2.64. The first-order valence-corrected chi connectivity index (χ1v) is 7.33. The standard InChI is InChI=1S/C18H14N4O/c23-18-16-8-14(15-9-20-21-10-15)6-7-17(16)19-12-22(18)11-13-4-2-1-3-5-13/h1-10,12H,11H2,(H,20,21). The highest BCUT2D eigenvalue weighted by molar-refractivity contribution is 5.83. The van der Waals surface area contributed by atoms with Crippen LogP contribution in [0, 0.1) is 0 Å². The minimum Gasteiger partial charge on any atom is -0.294 e. The Bertz CT molecular complexity index is 1000. The van der Waals surface area contributed by atoms with E-state index in [0.29, 0.717) is 17.4 Å². The minimum absolute atomic E-state index is 0.0378. The molecule has 0 unspecified atom stereocenters. The zero-order valence-electron chi connectivity index (χ0n) is 12.3. The van der Waals surface area contributed by atoms with Gasteiger partial charge in [-0.05, 0) is 23.3 Å². The molecule has 2 heterocycles. The zero-order chi connectivity index (χ0) is 15.6. The number of aromatic amines is 1. The predicted octanol–water partition coefficient (Wildman–Crippen LogP) is 2.83. The van der Waals surface area contributed by atoms with Crippen molar-refractivity contribution in [2.75, 3.05) is 0 Å². The highest BCUT2D eigenvalue weighted by atomic mass is 16.1. The van der Waals surface area contributed by atoms with Crippen LogP contribution in [0.25, 0.3) is 22.0 Å². The van der Waals surface area contributed by atoms with Crippen LogP contribution in [0.2, 0.25) is 0 Å². The molecule has 0 aliphatic heterocycles. The second-order valence-electron chi connectivity index (χ2n) is 5.38. The molecular weight excluding hydrogens is 288 g/mol.